The summed E-state index contributed by atoms with van der Waals surface area (Å²) in [6.45, 7) is 11.6. The first-order chi connectivity index (χ1) is 18.0. The molecule has 200 valence electrons. The molecule has 0 bridgehead atoms. The van der Waals surface area contributed by atoms with E-state index in [2.05, 4.69) is 39.8 Å². The Morgan fingerprint density at radius 3 is 2.26 bits per heavy atom. The van der Waals surface area contributed by atoms with Crippen molar-refractivity contribution < 1.29 is 24.1 Å². The molecule has 1 N–H and O–H groups in total. The lowest BCUT2D eigenvalue weighted by molar-refractivity contribution is -0.137. The van der Waals surface area contributed by atoms with Crippen LogP contribution in [0.2, 0.25) is 0 Å². The van der Waals surface area contributed by atoms with Crippen LogP contribution in [0.3, 0.4) is 0 Å². The zero-order valence-corrected chi connectivity index (χ0v) is 23.3. The molecule has 0 fully saturated rings. The van der Waals surface area contributed by atoms with Crippen molar-refractivity contribution in [3.8, 4) is 28.4 Å². The largest absolute Gasteiger partial charge is 0.508 e. The maximum absolute atomic E-state index is 11.9. The van der Waals surface area contributed by atoms with Crippen LogP contribution in [0, 0.1) is 0 Å². The number of rotatable bonds is 8. The molecule has 0 heterocycles. The van der Waals surface area contributed by atoms with Crippen molar-refractivity contribution in [2.45, 2.75) is 64.9 Å². The first-order valence-electron chi connectivity index (χ1n) is 13.2. The van der Waals surface area contributed by atoms with Crippen molar-refractivity contribution in [3.05, 3.63) is 82.9 Å². The molecule has 0 aliphatic heterocycles. The third-order valence-electron chi connectivity index (χ3n) is 7.47. The summed E-state index contributed by atoms with van der Waals surface area (Å²) >= 11 is 0. The van der Waals surface area contributed by atoms with Crippen LogP contribution in [0.4, 0.5) is 0 Å². The maximum atomic E-state index is 11.9. The first-order valence-corrected chi connectivity index (χ1v) is 13.2. The molecule has 1 aliphatic carbocycles. The monoisotopic (exact) mass is 514 g/mol. The number of carbonyl (C=O) groups is 1. The highest BCUT2D eigenvalue weighted by molar-refractivity contribution is 5.88. The smallest absolute Gasteiger partial charge is 0.330 e. The number of esters is 1. The topological polar surface area (TPSA) is 65.0 Å². The lowest BCUT2D eigenvalue weighted by Crippen LogP contribution is -2.33. The van der Waals surface area contributed by atoms with Gasteiger partial charge in [0.15, 0.2) is 0 Å². The van der Waals surface area contributed by atoms with Gasteiger partial charge < -0.3 is 19.3 Å². The Morgan fingerprint density at radius 2 is 1.61 bits per heavy atom. The third kappa shape index (κ3) is 5.88. The van der Waals surface area contributed by atoms with Crippen molar-refractivity contribution in [3.63, 3.8) is 0 Å². The molecule has 1 aliphatic rings. The predicted molar refractivity (Wildman–Crippen MR) is 152 cm³/mol. The zero-order chi connectivity index (χ0) is 27.5. The molecule has 0 saturated heterocycles. The van der Waals surface area contributed by atoms with E-state index in [0.29, 0.717) is 19.0 Å². The van der Waals surface area contributed by atoms with Crippen molar-refractivity contribution >= 4 is 12.0 Å². The molecule has 0 amide bonds. The summed E-state index contributed by atoms with van der Waals surface area (Å²) in [4.78, 5) is 11.9. The third-order valence-corrected chi connectivity index (χ3v) is 7.47. The van der Waals surface area contributed by atoms with Gasteiger partial charge in [0.1, 0.15) is 23.9 Å². The molecule has 3 aromatic rings. The molecule has 0 atom stereocenters. The SMILES string of the molecule is CCOC(=O)C=Cc1ccc(OC)c(-c2cc3c(cc2OCc2cccc(O)c2)C(C)(C)CCC3(C)C)c1. The molecule has 0 saturated carbocycles. The van der Waals surface area contributed by atoms with Crippen molar-refractivity contribution in [1.82, 2.24) is 0 Å². The Bertz CT molecular complexity index is 1350. The molecule has 38 heavy (non-hydrogen) atoms. The van der Waals surface area contributed by atoms with E-state index in [1.54, 1.807) is 32.2 Å². The lowest BCUT2D eigenvalue weighted by Gasteiger charge is -2.42. The Hall–Kier alpha value is -3.73. The molecular weight excluding hydrogens is 476 g/mol. The van der Waals surface area contributed by atoms with Gasteiger partial charge in [0, 0.05) is 17.2 Å². The molecule has 0 unspecified atom stereocenters. The number of fused-ring (bicyclic) bond motifs is 1. The minimum atomic E-state index is -0.377. The fourth-order valence-corrected chi connectivity index (χ4v) is 5.13. The van der Waals surface area contributed by atoms with Gasteiger partial charge >= 0.3 is 5.97 Å². The molecule has 5 nitrogen and oxygen atoms in total. The average Bonchev–Trinajstić information content (AvgIpc) is 2.88. The van der Waals surface area contributed by atoms with E-state index in [-0.39, 0.29) is 22.5 Å². The summed E-state index contributed by atoms with van der Waals surface area (Å²) in [5.74, 6) is 1.30. The highest BCUT2D eigenvalue weighted by atomic mass is 16.5. The van der Waals surface area contributed by atoms with Gasteiger partial charge in [0.25, 0.3) is 0 Å². The van der Waals surface area contributed by atoms with Gasteiger partial charge in [-0.05, 0) is 95.3 Å². The van der Waals surface area contributed by atoms with Crippen LogP contribution in [0.1, 0.15) is 69.7 Å². The molecule has 0 spiro atoms. The Labute approximate surface area is 226 Å². The van der Waals surface area contributed by atoms with E-state index in [1.807, 2.05) is 30.3 Å². The number of methoxy groups -OCH3 is 1. The Balaban J connectivity index is 1.86. The van der Waals surface area contributed by atoms with E-state index in [1.165, 1.54) is 17.2 Å². The van der Waals surface area contributed by atoms with Crippen LogP contribution in [-0.4, -0.2) is 24.8 Å². The summed E-state index contributed by atoms with van der Waals surface area (Å²) < 4.78 is 17.3. The van der Waals surface area contributed by atoms with E-state index in [9.17, 15) is 9.90 Å². The van der Waals surface area contributed by atoms with Crippen molar-refractivity contribution in [2.75, 3.05) is 13.7 Å². The second-order valence-corrected chi connectivity index (χ2v) is 11.2. The number of ether oxygens (including phenoxy) is 3. The highest BCUT2D eigenvalue weighted by Gasteiger charge is 2.38. The fraction of sp³-hybridized carbons (Fsp3) is 0.364. The van der Waals surface area contributed by atoms with Gasteiger partial charge in [-0.25, -0.2) is 4.79 Å². The maximum Gasteiger partial charge on any atom is 0.330 e. The van der Waals surface area contributed by atoms with Gasteiger partial charge in [-0.15, -0.1) is 0 Å². The highest BCUT2D eigenvalue weighted by Crippen LogP contribution is 2.50. The summed E-state index contributed by atoms with van der Waals surface area (Å²) in [7, 11) is 1.66. The normalized spacial score (nSPS) is 15.6. The first kappa shape index (κ1) is 27.3. The second kappa shape index (κ2) is 10.9. The molecule has 3 aromatic carbocycles. The average molecular weight is 515 g/mol. The van der Waals surface area contributed by atoms with Crippen LogP contribution in [0.15, 0.2) is 60.7 Å². The van der Waals surface area contributed by atoms with Gasteiger partial charge in [-0.2, -0.15) is 0 Å². The quantitative estimate of drug-likeness (QED) is 0.248. The molecule has 0 aromatic heterocycles. The number of aromatic hydroxyl groups is 1. The number of hydrogen-bond acceptors (Lipinski definition) is 5. The number of phenolic OH excluding ortho intramolecular Hbond substituents is 1. The van der Waals surface area contributed by atoms with Crippen LogP contribution in [-0.2, 0) is 27.0 Å². The standard InChI is InChI=1S/C33H38O5/c1-7-37-31(35)14-12-22-11-13-29(36-6)25(18-22)26-19-27-28(33(4,5)16-15-32(27,2)3)20-30(26)38-21-23-9-8-10-24(34)17-23/h8-14,17-20,34H,7,15-16,21H2,1-6H3. The fourth-order valence-electron chi connectivity index (χ4n) is 5.13. The summed E-state index contributed by atoms with van der Waals surface area (Å²) in [5.41, 5.74) is 6.17. The van der Waals surface area contributed by atoms with E-state index in [0.717, 1.165) is 40.8 Å². The van der Waals surface area contributed by atoms with Gasteiger partial charge in [-0.1, -0.05) is 45.9 Å². The Morgan fingerprint density at radius 1 is 0.921 bits per heavy atom. The summed E-state index contributed by atoms with van der Waals surface area (Å²) in [5, 5.41) is 9.94. The molecule has 0 radical (unpaired) electrons. The summed E-state index contributed by atoms with van der Waals surface area (Å²) in [6.07, 6.45) is 5.37. The number of hydrogen-bond donors (Lipinski definition) is 1. The molecule has 4 rings (SSSR count). The summed E-state index contributed by atoms with van der Waals surface area (Å²) in [6, 6.07) is 17.4. The van der Waals surface area contributed by atoms with Crippen LogP contribution < -0.4 is 9.47 Å². The second-order valence-electron chi connectivity index (χ2n) is 11.2. The van der Waals surface area contributed by atoms with Crippen LogP contribution in [0.5, 0.6) is 17.2 Å². The minimum Gasteiger partial charge on any atom is -0.508 e. The lowest BCUT2D eigenvalue weighted by atomic mass is 9.62. The number of benzene rings is 3. The number of phenols is 1. The minimum absolute atomic E-state index is 0.0119. The van der Waals surface area contributed by atoms with E-state index < -0.39 is 0 Å². The predicted octanol–water partition coefficient (Wildman–Crippen LogP) is 7.57. The molecular formula is C33H38O5. The van der Waals surface area contributed by atoms with Gasteiger partial charge in [0.2, 0.25) is 0 Å². The van der Waals surface area contributed by atoms with E-state index in [4.69, 9.17) is 14.2 Å². The van der Waals surface area contributed by atoms with Crippen molar-refractivity contribution in [1.29, 1.82) is 0 Å². The molecule has 5 heteroatoms. The zero-order valence-electron chi connectivity index (χ0n) is 23.3. The van der Waals surface area contributed by atoms with E-state index >= 15 is 0 Å². The van der Waals surface area contributed by atoms with Crippen molar-refractivity contribution in [2.24, 2.45) is 0 Å². The van der Waals surface area contributed by atoms with Gasteiger partial charge in [-0.3, -0.25) is 0 Å². The van der Waals surface area contributed by atoms with Gasteiger partial charge in [0.05, 0.1) is 13.7 Å². The number of carbonyl (C=O) groups excluding carboxylic acids is 1. The van der Waals surface area contributed by atoms with Crippen LogP contribution in [0.25, 0.3) is 17.2 Å². The Kier molecular flexibility index (Phi) is 7.86. The van der Waals surface area contributed by atoms with Crippen LogP contribution >= 0.6 is 0 Å².